The SMILES string of the molecule is CC(C)c1ccc(NC(=O)[C@H]2CC(=O)N(c3cccc(C(F)(F)F)c3)C2)cc1. The van der Waals surface area contributed by atoms with Crippen LogP contribution in [-0.4, -0.2) is 18.4 Å². The van der Waals surface area contributed by atoms with Gasteiger partial charge in [0, 0.05) is 24.3 Å². The van der Waals surface area contributed by atoms with Gasteiger partial charge in [-0.25, -0.2) is 0 Å². The Morgan fingerprint density at radius 3 is 2.43 bits per heavy atom. The highest BCUT2D eigenvalue weighted by atomic mass is 19.4. The summed E-state index contributed by atoms with van der Waals surface area (Å²) in [6, 6.07) is 12.0. The van der Waals surface area contributed by atoms with Crippen LogP contribution in [0.1, 0.15) is 37.3 Å². The summed E-state index contributed by atoms with van der Waals surface area (Å²) in [7, 11) is 0. The Kier molecular flexibility index (Phi) is 5.45. The number of rotatable bonds is 4. The van der Waals surface area contributed by atoms with Crippen LogP contribution in [0.5, 0.6) is 0 Å². The molecule has 1 aliphatic heterocycles. The molecule has 7 heteroatoms. The highest BCUT2D eigenvalue weighted by Gasteiger charge is 2.37. The Hall–Kier alpha value is -2.83. The number of carbonyl (C=O) groups excluding carboxylic acids is 2. The van der Waals surface area contributed by atoms with Crippen molar-refractivity contribution in [2.24, 2.45) is 5.92 Å². The number of anilines is 2. The predicted molar refractivity (Wildman–Crippen MR) is 101 cm³/mol. The molecule has 0 unspecified atom stereocenters. The van der Waals surface area contributed by atoms with Crippen LogP contribution in [-0.2, 0) is 15.8 Å². The van der Waals surface area contributed by atoms with Crippen molar-refractivity contribution < 1.29 is 22.8 Å². The first-order valence-corrected chi connectivity index (χ1v) is 9.03. The maximum Gasteiger partial charge on any atom is 0.416 e. The van der Waals surface area contributed by atoms with Crippen LogP contribution < -0.4 is 10.2 Å². The molecule has 0 saturated carbocycles. The van der Waals surface area contributed by atoms with Crippen LogP contribution in [0.3, 0.4) is 0 Å². The van der Waals surface area contributed by atoms with Crippen LogP contribution in [0.4, 0.5) is 24.5 Å². The number of carbonyl (C=O) groups is 2. The summed E-state index contributed by atoms with van der Waals surface area (Å²) >= 11 is 0. The lowest BCUT2D eigenvalue weighted by molar-refractivity contribution is -0.137. The molecule has 1 N–H and O–H groups in total. The number of alkyl halides is 3. The first-order valence-electron chi connectivity index (χ1n) is 9.03. The Labute approximate surface area is 161 Å². The van der Waals surface area contributed by atoms with Crippen molar-refractivity contribution in [3.8, 4) is 0 Å². The molecule has 1 heterocycles. The van der Waals surface area contributed by atoms with Gasteiger partial charge in [0.15, 0.2) is 0 Å². The predicted octanol–water partition coefficient (Wildman–Crippen LogP) is 4.82. The lowest BCUT2D eigenvalue weighted by atomic mass is 10.0. The van der Waals surface area contributed by atoms with Crippen LogP contribution in [0.15, 0.2) is 48.5 Å². The summed E-state index contributed by atoms with van der Waals surface area (Å²) in [6.45, 7) is 4.19. The normalized spacial score (nSPS) is 17.3. The number of halogens is 3. The first-order chi connectivity index (χ1) is 13.1. The Morgan fingerprint density at radius 1 is 1.14 bits per heavy atom. The molecule has 1 aliphatic rings. The maximum atomic E-state index is 12.9. The van der Waals surface area contributed by atoms with E-state index >= 15 is 0 Å². The molecule has 1 saturated heterocycles. The van der Waals surface area contributed by atoms with Crippen molar-refractivity contribution in [3.05, 3.63) is 59.7 Å². The van der Waals surface area contributed by atoms with Gasteiger partial charge in [0.2, 0.25) is 11.8 Å². The smallest absolute Gasteiger partial charge is 0.326 e. The van der Waals surface area contributed by atoms with Gasteiger partial charge < -0.3 is 10.2 Å². The monoisotopic (exact) mass is 390 g/mol. The van der Waals surface area contributed by atoms with E-state index in [4.69, 9.17) is 0 Å². The lowest BCUT2D eigenvalue weighted by Gasteiger charge is -2.18. The summed E-state index contributed by atoms with van der Waals surface area (Å²) in [6.07, 6.45) is -4.52. The third-order valence-electron chi connectivity index (χ3n) is 4.83. The van der Waals surface area contributed by atoms with Gasteiger partial charge in [-0.3, -0.25) is 9.59 Å². The van der Waals surface area contributed by atoms with Crippen LogP contribution >= 0.6 is 0 Å². The number of benzene rings is 2. The molecule has 4 nitrogen and oxygen atoms in total. The van der Waals surface area contributed by atoms with E-state index in [0.29, 0.717) is 11.6 Å². The molecule has 0 radical (unpaired) electrons. The van der Waals surface area contributed by atoms with Crippen molar-refractivity contribution in [1.82, 2.24) is 0 Å². The average Bonchev–Trinajstić information content (AvgIpc) is 3.03. The number of nitrogens with one attached hydrogen (secondary N) is 1. The van der Waals surface area contributed by atoms with Gasteiger partial charge in [0.05, 0.1) is 11.5 Å². The van der Waals surface area contributed by atoms with Crippen molar-refractivity contribution in [2.45, 2.75) is 32.4 Å². The van der Waals surface area contributed by atoms with Crippen molar-refractivity contribution in [1.29, 1.82) is 0 Å². The summed E-state index contributed by atoms with van der Waals surface area (Å²) in [5, 5.41) is 2.78. The molecule has 0 aliphatic carbocycles. The molecule has 2 aromatic rings. The molecule has 2 aromatic carbocycles. The highest BCUT2D eigenvalue weighted by molar-refractivity contribution is 6.03. The summed E-state index contributed by atoms with van der Waals surface area (Å²) in [5.41, 5.74) is 1.09. The molecule has 0 bridgehead atoms. The van der Waals surface area contributed by atoms with Gasteiger partial charge in [-0.2, -0.15) is 13.2 Å². The number of hydrogen-bond acceptors (Lipinski definition) is 2. The third-order valence-corrected chi connectivity index (χ3v) is 4.83. The van der Waals surface area contributed by atoms with E-state index < -0.39 is 17.7 Å². The second-order valence-corrected chi connectivity index (χ2v) is 7.22. The van der Waals surface area contributed by atoms with Gasteiger partial charge in [-0.1, -0.05) is 32.0 Å². The van der Waals surface area contributed by atoms with Crippen molar-refractivity contribution in [3.63, 3.8) is 0 Å². The fourth-order valence-electron chi connectivity index (χ4n) is 3.18. The lowest BCUT2D eigenvalue weighted by Crippen LogP contribution is -2.28. The molecule has 1 fully saturated rings. The zero-order valence-corrected chi connectivity index (χ0v) is 15.6. The Bertz CT molecular complexity index is 876. The average molecular weight is 390 g/mol. The van der Waals surface area contributed by atoms with E-state index in [2.05, 4.69) is 19.2 Å². The minimum absolute atomic E-state index is 0.0356. The standard InChI is InChI=1S/C21H21F3N2O2/c1-13(2)14-6-8-17(9-7-14)25-20(28)15-10-19(27)26(12-15)18-5-3-4-16(11-18)21(22,23)24/h3-9,11,13,15H,10,12H2,1-2H3,(H,25,28)/t15-/m0/s1. The molecular formula is C21H21F3N2O2. The summed E-state index contributed by atoms with van der Waals surface area (Å²) in [4.78, 5) is 26.0. The minimum Gasteiger partial charge on any atom is -0.326 e. The molecule has 28 heavy (non-hydrogen) atoms. The Balaban J connectivity index is 1.69. The topological polar surface area (TPSA) is 49.4 Å². The second-order valence-electron chi connectivity index (χ2n) is 7.22. The van der Waals surface area contributed by atoms with E-state index in [0.717, 1.165) is 17.7 Å². The largest absolute Gasteiger partial charge is 0.416 e. The summed E-state index contributed by atoms with van der Waals surface area (Å²) in [5.74, 6) is -0.931. The molecule has 3 rings (SSSR count). The summed E-state index contributed by atoms with van der Waals surface area (Å²) < 4.78 is 38.7. The number of hydrogen-bond donors (Lipinski definition) is 1. The molecule has 148 valence electrons. The van der Waals surface area contributed by atoms with Crippen LogP contribution in [0.2, 0.25) is 0 Å². The van der Waals surface area contributed by atoms with E-state index in [-0.39, 0.29) is 30.5 Å². The van der Waals surface area contributed by atoms with Gasteiger partial charge in [0.1, 0.15) is 0 Å². The zero-order chi connectivity index (χ0) is 20.5. The number of nitrogens with zero attached hydrogens (tertiary/aromatic N) is 1. The fourth-order valence-corrected chi connectivity index (χ4v) is 3.18. The third kappa shape index (κ3) is 4.35. The molecular weight excluding hydrogens is 369 g/mol. The van der Waals surface area contributed by atoms with Crippen molar-refractivity contribution >= 4 is 23.2 Å². The fraction of sp³-hybridized carbons (Fsp3) is 0.333. The highest BCUT2D eigenvalue weighted by Crippen LogP contribution is 2.33. The second kappa shape index (κ2) is 7.66. The zero-order valence-electron chi connectivity index (χ0n) is 15.6. The Morgan fingerprint density at radius 2 is 1.82 bits per heavy atom. The first kappa shape index (κ1) is 19.9. The van der Waals surface area contributed by atoms with Gasteiger partial charge >= 0.3 is 6.18 Å². The van der Waals surface area contributed by atoms with Crippen LogP contribution in [0, 0.1) is 5.92 Å². The van der Waals surface area contributed by atoms with Gasteiger partial charge in [-0.15, -0.1) is 0 Å². The molecule has 0 aromatic heterocycles. The van der Waals surface area contributed by atoms with Gasteiger partial charge in [0.25, 0.3) is 0 Å². The van der Waals surface area contributed by atoms with Gasteiger partial charge in [-0.05, 0) is 41.8 Å². The van der Waals surface area contributed by atoms with E-state index in [1.165, 1.54) is 17.0 Å². The molecule has 1 atom stereocenters. The quantitative estimate of drug-likeness (QED) is 0.814. The van der Waals surface area contributed by atoms with E-state index in [1.54, 1.807) is 12.1 Å². The van der Waals surface area contributed by atoms with Crippen LogP contribution in [0.25, 0.3) is 0 Å². The van der Waals surface area contributed by atoms with E-state index in [1.807, 2.05) is 12.1 Å². The van der Waals surface area contributed by atoms with Crippen molar-refractivity contribution in [2.75, 3.05) is 16.8 Å². The molecule has 2 amide bonds. The molecule has 0 spiro atoms. The minimum atomic E-state index is -4.49. The van der Waals surface area contributed by atoms with E-state index in [9.17, 15) is 22.8 Å². The maximum absolute atomic E-state index is 12.9. The number of amides is 2.